The van der Waals surface area contributed by atoms with Gasteiger partial charge in [0.1, 0.15) is 0 Å². The normalized spacial score (nSPS) is 10.1. The van der Waals surface area contributed by atoms with E-state index in [9.17, 15) is 9.59 Å². The molecule has 6 nitrogen and oxygen atoms in total. The van der Waals surface area contributed by atoms with Crippen molar-refractivity contribution in [1.82, 2.24) is 5.32 Å². The molecule has 25 heavy (non-hydrogen) atoms. The number of anilines is 2. The van der Waals surface area contributed by atoms with Crippen molar-refractivity contribution in [3.05, 3.63) is 60.2 Å². The lowest BCUT2D eigenvalue weighted by atomic mass is 10.1. The largest absolute Gasteiger partial charge is 0.465 e. The first kappa shape index (κ1) is 18.3. The molecule has 0 heterocycles. The number of carboxylic acid groups (broad SMARTS) is 1. The molecular weight excluding hydrogens is 318 g/mol. The summed E-state index contributed by atoms with van der Waals surface area (Å²) in [5.41, 5.74) is 2.32. The fraction of sp³-hybridized carbons (Fsp3) is 0.263. The van der Waals surface area contributed by atoms with Crippen molar-refractivity contribution in [3.63, 3.8) is 0 Å². The Balaban J connectivity index is 1.81. The summed E-state index contributed by atoms with van der Waals surface area (Å²) >= 11 is 0. The molecule has 3 N–H and O–H groups in total. The number of amides is 3. The van der Waals surface area contributed by atoms with E-state index in [4.69, 9.17) is 5.11 Å². The Kier molecular flexibility index (Phi) is 6.83. The minimum Gasteiger partial charge on any atom is -0.465 e. The highest BCUT2D eigenvalue weighted by Gasteiger charge is 2.12. The molecule has 2 aromatic carbocycles. The van der Waals surface area contributed by atoms with E-state index in [1.807, 2.05) is 18.2 Å². The van der Waals surface area contributed by atoms with Gasteiger partial charge in [-0.3, -0.25) is 4.90 Å². The molecule has 3 amide bonds. The number of carbonyl (C=O) groups is 2. The molecule has 6 heteroatoms. The molecule has 2 aromatic rings. The van der Waals surface area contributed by atoms with Crippen LogP contribution in [0.3, 0.4) is 0 Å². The number of benzene rings is 2. The van der Waals surface area contributed by atoms with Crippen molar-refractivity contribution in [3.8, 4) is 0 Å². The van der Waals surface area contributed by atoms with Crippen LogP contribution in [0.25, 0.3) is 0 Å². The van der Waals surface area contributed by atoms with Crippen LogP contribution in [0, 0.1) is 0 Å². The molecule has 0 saturated heterocycles. The number of hydrogen-bond donors (Lipinski definition) is 3. The van der Waals surface area contributed by atoms with Crippen LogP contribution in [0.4, 0.5) is 21.0 Å². The zero-order valence-electron chi connectivity index (χ0n) is 14.2. The van der Waals surface area contributed by atoms with Crippen LogP contribution < -0.4 is 15.5 Å². The van der Waals surface area contributed by atoms with E-state index >= 15 is 0 Å². The minimum atomic E-state index is -1.02. The monoisotopic (exact) mass is 341 g/mol. The number of nitrogens with one attached hydrogen (secondary N) is 2. The van der Waals surface area contributed by atoms with Gasteiger partial charge in [-0.1, -0.05) is 36.4 Å². The first-order valence-electron chi connectivity index (χ1n) is 8.29. The lowest BCUT2D eigenvalue weighted by molar-refractivity contribution is 0.202. The van der Waals surface area contributed by atoms with Crippen LogP contribution in [0.5, 0.6) is 0 Å². The predicted molar refractivity (Wildman–Crippen MR) is 99.3 cm³/mol. The quantitative estimate of drug-likeness (QED) is 0.667. The summed E-state index contributed by atoms with van der Waals surface area (Å²) in [5.74, 6) is 0. The fourth-order valence-corrected chi connectivity index (χ4v) is 2.49. The number of nitrogens with zero attached hydrogens (tertiary/aromatic N) is 1. The van der Waals surface area contributed by atoms with Gasteiger partial charge in [0.25, 0.3) is 0 Å². The summed E-state index contributed by atoms with van der Waals surface area (Å²) in [6.07, 6.45) is 0.728. The molecule has 0 aliphatic carbocycles. The highest BCUT2D eigenvalue weighted by Crippen LogP contribution is 2.19. The van der Waals surface area contributed by atoms with Crippen molar-refractivity contribution in [2.24, 2.45) is 0 Å². The summed E-state index contributed by atoms with van der Waals surface area (Å²) in [4.78, 5) is 24.3. The Morgan fingerprint density at radius 3 is 2.52 bits per heavy atom. The van der Waals surface area contributed by atoms with E-state index in [0.717, 1.165) is 12.8 Å². The molecule has 0 aliphatic rings. The molecule has 0 unspecified atom stereocenters. The first-order valence-corrected chi connectivity index (χ1v) is 8.29. The van der Waals surface area contributed by atoms with Gasteiger partial charge in [-0.2, -0.15) is 0 Å². The van der Waals surface area contributed by atoms with Crippen LogP contribution >= 0.6 is 0 Å². The van der Waals surface area contributed by atoms with Crippen LogP contribution in [0.2, 0.25) is 0 Å². The molecule has 0 radical (unpaired) electrons. The van der Waals surface area contributed by atoms with Crippen molar-refractivity contribution in [2.45, 2.75) is 19.8 Å². The highest BCUT2D eigenvalue weighted by molar-refractivity contribution is 5.91. The summed E-state index contributed by atoms with van der Waals surface area (Å²) in [7, 11) is 0. The van der Waals surface area contributed by atoms with Gasteiger partial charge < -0.3 is 15.7 Å². The Morgan fingerprint density at radius 1 is 1.08 bits per heavy atom. The zero-order valence-corrected chi connectivity index (χ0v) is 14.2. The van der Waals surface area contributed by atoms with Crippen molar-refractivity contribution < 1.29 is 14.7 Å². The second-order valence-corrected chi connectivity index (χ2v) is 5.55. The second kappa shape index (κ2) is 9.32. The van der Waals surface area contributed by atoms with Crippen molar-refractivity contribution >= 4 is 23.5 Å². The summed E-state index contributed by atoms with van der Waals surface area (Å²) in [6.45, 7) is 2.66. The Morgan fingerprint density at radius 2 is 1.84 bits per heavy atom. The molecule has 0 saturated carbocycles. The van der Waals surface area contributed by atoms with Crippen molar-refractivity contribution in [1.29, 1.82) is 0 Å². The molecule has 2 rings (SSSR count). The molecular formula is C19H23N3O3. The van der Waals surface area contributed by atoms with Gasteiger partial charge in [0.2, 0.25) is 0 Å². The lowest BCUT2D eigenvalue weighted by Gasteiger charge is -2.18. The maximum absolute atomic E-state index is 12.0. The third-order valence-corrected chi connectivity index (χ3v) is 3.73. The predicted octanol–water partition coefficient (Wildman–Crippen LogP) is 3.95. The van der Waals surface area contributed by atoms with Crippen LogP contribution in [-0.4, -0.2) is 30.3 Å². The van der Waals surface area contributed by atoms with Crippen LogP contribution in [0.1, 0.15) is 18.9 Å². The number of hydrogen-bond acceptors (Lipinski definition) is 2. The standard InChI is InChI=1S/C19H23N3O3/c1-2-22(19(24)25)17-12-6-11-16(14-17)21-18(23)20-13-7-10-15-8-4-3-5-9-15/h3-6,8-9,11-12,14H,2,7,10,13H2,1H3,(H,24,25)(H2,20,21,23). The third kappa shape index (κ3) is 5.84. The summed E-state index contributed by atoms with van der Waals surface area (Å²) in [6, 6.07) is 16.6. The molecule has 0 bridgehead atoms. The fourth-order valence-electron chi connectivity index (χ4n) is 2.49. The van der Waals surface area contributed by atoms with E-state index in [-0.39, 0.29) is 6.03 Å². The van der Waals surface area contributed by atoms with E-state index in [1.165, 1.54) is 10.5 Å². The zero-order chi connectivity index (χ0) is 18.1. The Bertz CT molecular complexity index is 704. The van der Waals surface area contributed by atoms with Crippen molar-refractivity contribution in [2.75, 3.05) is 23.3 Å². The molecule has 0 spiro atoms. The van der Waals surface area contributed by atoms with E-state index in [2.05, 4.69) is 22.8 Å². The molecule has 0 fully saturated rings. The lowest BCUT2D eigenvalue weighted by Crippen LogP contribution is -2.30. The summed E-state index contributed by atoms with van der Waals surface area (Å²) in [5, 5.41) is 14.7. The van der Waals surface area contributed by atoms with Gasteiger partial charge in [-0.25, -0.2) is 9.59 Å². The number of urea groups is 1. The number of rotatable bonds is 7. The molecule has 132 valence electrons. The minimum absolute atomic E-state index is 0.302. The SMILES string of the molecule is CCN(C(=O)O)c1cccc(NC(=O)NCCCc2ccccc2)c1. The molecule has 0 aromatic heterocycles. The van der Waals surface area contributed by atoms with Gasteiger partial charge in [0.05, 0.1) is 0 Å². The average molecular weight is 341 g/mol. The highest BCUT2D eigenvalue weighted by atomic mass is 16.4. The maximum atomic E-state index is 12.0. The number of aryl methyl sites for hydroxylation is 1. The van der Waals surface area contributed by atoms with Gasteiger partial charge in [0.15, 0.2) is 0 Å². The first-order chi connectivity index (χ1) is 12.1. The van der Waals surface area contributed by atoms with Gasteiger partial charge in [-0.15, -0.1) is 0 Å². The molecule has 0 aliphatic heterocycles. The topological polar surface area (TPSA) is 81.7 Å². The van der Waals surface area contributed by atoms with Crippen LogP contribution in [0.15, 0.2) is 54.6 Å². The van der Waals surface area contributed by atoms with Gasteiger partial charge >= 0.3 is 12.1 Å². The van der Waals surface area contributed by atoms with E-state index < -0.39 is 6.09 Å². The van der Waals surface area contributed by atoms with Gasteiger partial charge in [-0.05, 0) is 43.5 Å². The Labute approximate surface area is 147 Å². The van der Waals surface area contributed by atoms with Crippen LogP contribution in [-0.2, 0) is 6.42 Å². The average Bonchev–Trinajstić information content (AvgIpc) is 2.60. The third-order valence-electron chi connectivity index (χ3n) is 3.73. The second-order valence-electron chi connectivity index (χ2n) is 5.55. The van der Waals surface area contributed by atoms with E-state index in [0.29, 0.717) is 24.5 Å². The van der Waals surface area contributed by atoms with Gasteiger partial charge in [0, 0.05) is 24.5 Å². The van der Waals surface area contributed by atoms with E-state index in [1.54, 1.807) is 31.2 Å². The number of carbonyl (C=O) groups excluding carboxylic acids is 1. The maximum Gasteiger partial charge on any atom is 0.411 e. The smallest absolute Gasteiger partial charge is 0.411 e. The summed E-state index contributed by atoms with van der Waals surface area (Å²) < 4.78 is 0. The molecule has 0 atom stereocenters. The Hall–Kier alpha value is -3.02.